The van der Waals surface area contributed by atoms with E-state index >= 15 is 0 Å². The molecule has 7 heteroatoms. The predicted molar refractivity (Wildman–Crippen MR) is 82.2 cm³/mol. The van der Waals surface area contributed by atoms with Crippen molar-refractivity contribution in [3.63, 3.8) is 0 Å². The summed E-state index contributed by atoms with van der Waals surface area (Å²) in [6.45, 7) is 3.90. The van der Waals surface area contributed by atoms with Crippen molar-refractivity contribution in [1.29, 1.82) is 0 Å². The molecule has 0 aliphatic heterocycles. The summed E-state index contributed by atoms with van der Waals surface area (Å²) in [5.41, 5.74) is 2.91. The fraction of sp³-hybridized carbons (Fsp3) is 0.429. The van der Waals surface area contributed by atoms with Gasteiger partial charge in [0.1, 0.15) is 5.01 Å². The Hall–Kier alpha value is -2.02. The number of hydrogen-bond donors (Lipinski definition) is 1. The monoisotopic (exact) mass is 303 g/mol. The number of amides is 1. The summed E-state index contributed by atoms with van der Waals surface area (Å²) in [4.78, 5) is 11.9. The smallest absolute Gasteiger partial charge is 0.250 e. The van der Waals surface area contributed by atoms with E-state index in [1.165, 1.54) is 30.3 Å². The van der Waals surface area contributed by atoms with Crippen LogP contribution in [0, 0.1) is 13.8 Å². The van der Waals surface area contributed by atoms with E-state index in [1.54, 1.807) is 10.8 Å². The van der Waals surface area contributed by atoms with Gasteiger partial charge in [0.2, 0.25) is 11.0 Å². The Balaban J connectivity index is 1.66. The molecule has 1 aliphatic carbocycles. The Morgan fingerprint density at radius 3 is 2.76 bits per heavy atom. The molecule has 2 aromatic heterocycles. The third-order valence-corrected chi connectivity index (χ3v) is 4.56. The lowest BCUT2D eigenvalue weighted by Gasteiger charge is -1.96. The molecule has 0 atom stereocenters. The van der Waals surface area contributed by atoms with Crippen LogP contribution in [0.5, 0.6) is 0 Å². The molecule has 0 spiro atoms. The minimum Gasteiger partial charge on any atom is -0.297 e. The summed E-state index contributed by atoms with van der Waals surface area (Å²) >= 11 is 1.46. The van der Waals surface area contributed by atoms with E-state index in [1.807, 2.05) is 20.9 Å². The van der Waals surface area contributed by atoms with Gasteiger partial charge in [-0.15, -0.1) is 10.2 Å². The quantitative estimate of drug-likeness (QED) is 0.880. The van der Waals surface area contributed by atoms with Crippen LogP contribution in [0.4, 0.5) is 5.13 Å². The molecule has 1 saturated carbocycles. The normalized spacial score (nSPS) is 14.8. The predicted octanol–water partition coefficient (Wildman–Crippen LogP) is 2.42. The van der Waals surface area contributed by atoms with Crippen molar-refractivity contribution in [1.82, 2.24) is 20.0 Å². The number of nitrogens with one attached hydrogen (secondary N) is 1. The third kappa shape index (κ3) is 3.02. The van der Waals surface area contributed by atoms with Gasteiger partial charge in [-0.05, 0) is 32.8 Å². The summed E-state index contributed by atoms with van der Waals surface area (Å²) in [6, 6.07) is 0. The zero-order valence-electron chi connectivity index (χ0n) is 12.3. The summed E-state index contributed by atoms with van der Waals surface area (Å²) in [7, 11) is 1.89. The van der Waals surface area contributed by atoms with Gasteiger partial charge in [0.15, 0.2) is 0 Å². The highest BCUT2D eigenvalue weighted by atomic mass is 32.1. The first-order valence-electron chi connectivity index (χ1n) is 6.87. The highest BCUT2D eigenvalue weighted by Crippen LogP contribution is 2.42. The second kappa shape index (κ2) is 5.40. The number of aromatic nitrogens is 4. The summed E-state index contributed by atoms with van der Waals surface area (Å²) in [5.74, 6) is 0.362. The standard InChI is InChI=1S/C14H17N5OS/c1-8-11(9(2)19(3)18-8)6-7-12(20)15-14-17-16-13(21-14)10-4-5-10/h6-7,10H,4-5H2,1-3H3,(H,15,17,20)/b7-6+. The van der Waals surface area contributed by atoms with E-state index in [2.05, 4.69) is 20.6 Å². The highest BCUT2D eigenvalue weighted by molar-refractivity contribution is 7.15. The van der Waals surface area contributed by atoms with E-state index in [9.17, 15) is 4.79 Å². The average molecular weight is 303 g/mol. The molecule has 2 heterocycles. The zero-order chi connectivity index (χ0) is 15.0. The highest BCUT2D eigenvalue weighted by Gasteiger charge is 2.27. The number of nitrogens with zero attached hydrogens (tertiary/aromatic N) is 4. The molecule has 0 unspecified atom stereocenters. The van der Waals surface area contributed by atoms with Crippen LogP contribution in [0.1, 0.15) is 40.7 Å². The number of rotatable bonds is 4. The topological polar surface area (TPSA) is 72.7 Å². The maximum atomic E-state index is 11.9. The largest absolute Gasteiger partial charge is 0.297 e. The van der Waals surface area contributed by atoms with Gasteiger partial charge >= 0.3 is 0 Å². The van der Waals surface area contributed by atoms with E-state index in [0.29, 0.717) is 11.0 Å². The van der Waals surface area contributed by atoms with E-state index in [-0.39, 0.29) is 5.91 Å². The van der Waals surface area contributed by atoms with Crippen molar-refractivity contribution in [3.8, 4) is 0 Å². The molecule has 6 nitrogen and oxygen atoms in total. The van der Waals surface area contributed by atoms with Gasteiger partial charge in [-0.3, -0.25) is 14.8 Å². The zero-order valence-corrected chi connectivity index (χ0v) is 13.1. The SMILES string of the molecule is Cc1nn(C)c(C)c1/C=C/C(=O)Nc1nnc(C2CC2)s1. The molecule has 1 amide bonds. The van der Waals surface area contributed by atoms with Gasteiger partial charge in [-0.1, -0.05) is 11.3 Å². The summed E-state index contributed by atoms with van der Waals surface area (Å²) < 4.78 is 1.81. The van der Waals surface area contributed by atoms with Crippen LogP contribution < -0.4 is 5.32 Å². The van der Waals surface area contributed by atoms with Gasteiger partial charge in [0.25, 0.3) is 0 Å². The first kappa shape index (κ1) is 13.9. The minimum absolute atomic E-state index is 0.198. The average Bonchev–Trinajstić information content (AvgIpc) is 3.13. The van der Waals surface area contributed by atoms with E-state index in [4.69, 9.17) is 0 Å². The second-order valence-electron chi connectivity index (χ2n) is 5.25. The number of carbonyl (C=O) groups is 1. The molecular formula is C14H17N5OS. The molecule has 0 radical (unpaired) electrons. The van der Waals surface area contributed by atoms with Gasteiger partial charge in [-0.2, -0.15) is 5.10 Å². The van der Waals surface area contributed by atoms with Crippen LogP contribution in [-0.4, -0.2) is 25.9 Å². The van der Waals surface area contributed by atoms with Gasteiger partial charge in [-0.25, -0.2) is 0 Å². The fourth-order valence-electron chi connectivity index (χ4n) is 2.12. The molecule has 2 aromatic rings. The van der Waals surface area contributed by atoms with Crippen molar-refractivity contribution >= 4 is 28.5 Å². The number of anilines is 1. The second-order valence-corrected chi connectivity index (χ2v) is 6.26. The lowest BCUT2D eigenvalue weighted by atomic mass is 10.2. The van der Waals surface area contributed by atoms with Crippen LogP contribution in [0.15, 0.2) is 6.08 Å². The lowest BCUT2D eigenvalue weighted by Crippen LogP contribution is -2.07. The molecule has 1 aliphatic rings. The molecule has 1 N–H and O–H groups in total. The Morgan fingerprint density at radius 2 is 2.14 bits per heavy atom. The van der Waals surface area contributed by atoms with Crippen molar-refractivity contribution in [2.24, 2.45) is 7.05 Å². The van der Waals surface area contributed by atoms with Crippen LogP contribution in [0.25, 0.3) is 6.08 Å². The lowest BCUT2D eigenvalue weighted by molar-refractivity contribution is -0.111. The van der Waals surface area contributed by atoms with Gasteiger partial charge in [0, 0.05) is 30.3 Å². The number of aryl methyl sites for hydroxylation is 2. The molecular weight excluding hydrogens is 286 g/mol. The van der Waals surface area contributed by atoms with Crippen LogP contribution >= 0.6 is 11.3 Å². The van der Waals surface area contributed by atoms with Crippen LogP contribution in [-0.2, 0) is 11.8 Å². The van der Waals surface area contributed by atoms with E-state index in [0.717, 1.165) is 22.0 Å². The summed E-state index contributed by atoms with van der Waals surface area (Å²) in [5, 5.41) is 16.7. The maximum Gasteiger partial charge on any atom is 0.250 e. The maximum absolute atomic E-state index is 11.9. The summed E-state index contributed by atoms with van der Waals surface area (Å²) in [6.07, 6.45) is 5.66. The van der Waals surface area contributed by atoms with Crippen LogP contribution in [0.3, 0.4) is 0 Å². The number of hydrogen-bond acceptors (Lipinski definition) is 5. The Bertz CT molecular complexity index is 711. The number of carbonyl (C=O) groups excluding carboxylic acids is 1. The van der Waals surface area contributed by atoms with E-state index < -0.39 is 0 Å². The molecule has 3 rings (SSSR count). The van der Waals surface area contributed by atoms with Gasteiger partial charge in [0.05, 0.1) is 5.69 Å². The van der Waals surface area contributed by atoms with Crippen molar-refractivity contribution < 1.29 is 4.79 Å². The molecule has 1 fully saturated rings. The third-order valence-electron chi connectivity index (χ3n) is 3.56. The van der Waals surface area contributed by atoms with Crippen LogP contribution in [0.2, 0.25) is 0 Å². The minimum atomic E-state index is -0.198. The Kier molecular flexibility index (Phi) is 3.59. The van der Waals surface area contributed by atoms with Gasteiger partial charge < -0.3 is 0 Å². The van der Waals surface area contributed by atoms with Crippen molar-refractivity contribution in [2.75, 3.05) is 5.32 Å². The first-order valence-corrected chi connectivity index (χ1v) is 7.69. The first-order chi connectivity index (χ1) is 10.0. The van der Waals surface area contributed by atoms with Crippen molar-refractivity contribution in [3.05, 3.63) is 28.0 Å². The Labute approximate surface area is 126 Å². The van der Waals surface area contributed by atoms with Crippen molar-refractivity contribution in [2.45, 2.75) is 32.6 Å². The molecule has 110 valence electrons. The molecule has 0 bridgehead atoms. The fourth-order valence-corrected chi connectivity index (χ4v) is 3.03. The molecule has 0 aromatic carbocycles. The molecule has 0 saturated heterocycles. The Morgan fingerprint density at radius 1 is 1.38 bits per heavy atom. The molecule has 21 heavy (non-hydrogen) atoms.